The minimum absolute atomic E-state index is 0.189. The van der Waals surface area contributed by atoms with E-state index < -0.39 is 9.84 Å². The van der Waals surface area contributed by atoms with Gasteiger partial charge in [0.05, 0.1) is 34.8 Å². The molecule has 0 aliphatic heterocycles. The van der Waals surface area contributed by atoms with Gasteiger partial charge in [-0.2, -0.15) is 5.10 Å². The molecule has 0 saturated carbocycles. The van der Waals surface area contributed by atoms with Crippen LogP contribution in [-0.2, 0) is 16.4 Å². The van der Waals surface area contributed by atoms with Gasteiger partial charge >= 0.3 is 0 Å². The molecule has 0 aliphatic rings. The van der Waals surface area contributed by atoms with Crippen molar-refractivity contribution < 1.29 is 17.9 Å². The largest absolute Gasteiger partial charge is 0.464 e. The van der Waals surface area contributed by atoms with Crippen LogP contribution in [-0.4, -0.2) is 29.6 Å². The molecular weight excluding hydrogens is 376 g/mol. The smallest absolute Gasteiger partial charge is 0.175 e. The normalized spacial score (nSPS) is 11.6. The van der Waals surface area contributed by atoms with Crippen LogP contribution in [0.4, 0.5) is 0 Å². The summed E-state index contributed by atoms with van der Waals surface area (Å²) in [6.45, 7) is -0.189. The third-order valence-corrected chi connectivity index (χ3v) is 5.55. The van der Waals surface area contributed by atoms with Crippen molar-refractivity contribution in [3.8, 4) is 28.3 Å². The minimum Gasteiger partial charge on any atom is -0.464 e. The Morgan fingerprint density at radius 2 is 1.68 bits per heavy atom. The lowest BCUT2D eigenvalue weighted by Crippen LogP contribution is -2.02. The summed E-state index contributed by atoms with van der Waals surface area (Å²) < 4.78 is 30.5. The van der Waals surface area contributed by atoms with Gasteiger partial charge in [0.1, 0.15) is 5.76 Å². The number of rotatable bonds is 5. The number of aliphatic hydroxyl groups excluding tert-OH is 1. The fourth-order valence-electron chi connectivity index (χ4n) is 2.99. The van der Waals surface area contributed by atoms with Gasteiger partial charge in [-0.3, -0.25) is 0 Å². The zero-order valence-corrected chi connectivity index (χ0v) is 15.9. The van der Waals surface area contributed by atoms with E-state index in [1.165, 1.54) is 6.26 Å². The maximum atomic E-state index is 11.7. The van der Waals surface area contributed by atoms with E-state index in [9.17, 15) is 13.5 Å². The van der Waals surface area contributed by atoms with E-state index in [0.29, 0.717) is 11.4 Å². The molecule has 4 rings (SSSR count). The first-order valence-electron chi connectivity index (χ1n) is 8.60. The van der Waals surface area contributed by atoms with Crippen molar-refractivity contribution in [2.75, 3.05) is 6.26 Å². The lowest BCUT2D eigenvalue weighted by molar-refractivity contribution is 0.276. The third kappa shape index (κ3) is 3.49. The molecule has 2 aromatic heterocycles. The van der Waals surface area contributed by atoms with Gasteiger partial charge in [0, 0.05) is 17.4 Å². The summed E-state index contributed by atoms with van der Waals surface area (Å²) >= 11 is 0. The molecule has 2 aromatic carbocycles. The standard InChI is InChI=1S/C21H18N2O4S/c1-28(25,26)19-10-8-18(9-11-19)23-20(13-17(14-24)22-23)15-4-6-16(7-5-15)21-3-2-12-27-21/h2-13,24H,14H2,1H3. The number of furan rings is 1. The van der Waals surface area contributed by atoms with E-state index >= 15 is 0 Å². The molecule has 0 fully saturated rings. The van der Waals surface area contributed by atoms with Crippen molar-refractivity contribution in [3.63, 3.8) is 0 Å². The maximum absolute atomic E-state index is 11.7. The average Bonchev–Trinajstić information content (AvgIpc) is 3.37. The monoisotopic (exact) mass is 394 g/mol. The summed E-state index contributed by atoms with van der Waals surface area (Å²) in [6, 6.07) is 19.9. The number of aliphatic hydroxyl groups is 1. The van der Waals surface area contributed by atoms with Crippen molar-refractivity contribution in [2.24, 2.45) is 0 Å². The third-order valence-electron chi connectivity index (χ3n) is 4.42. The molecule has 1 N–H and O–H groups in total. The quantitative estimate of drug-likeness (QED) is 0.558. The molecule has 0 bridgehead atoms. The maximum Gasteiger partial charge on any atom is 0.175 e. The molecule has 0 aliphatic carbocycles. The van der Waals surface area contributed by atoms with Crippen molar-refractivity contribution >= 4 is 9.84 Å². The Morgan fingerprint density at radius 3 is 2.25 bits per heavy atom. The molecule has 0 radical (unpaired) electrons. The van der Waals surface area contributed by atoms with E-state index in [-0.39, 0.29) is 11.5 Å². The lowest BCUT2D eigenvalue weighted by Gasteiger charge is -2.09. The van der Waals surface area contributed by atoms with Crippen LogP contribution < -0.4 is 0 Å². The van der Waals surface area contributed by atoms with Crippen LogP contribution in [0.25, 0.3) is 28.3 Å². The number of benzene rings is 2. The van der Waals surface area contributed by atoms with Gasteiger partial charge in [-0.05, 0) is 42.5 Å². The van der Waals surface area contributed by atoms with Crippen LogP contribution in [0.2, 0.25) is 0 Å². The molecular formula is C21H18N2O4S. The molecule has 0 amide bonds. The topological polar surface area (TPSA) is 85.3 Å². The van der Waals surface area contributed by atoms with Crippen molar-refractivity contribution in [2.45, 2.75) is 11.5 Å². The van der Waals surface area contributed by atoms with E-state index in [2.05, 4.69) is 5.10 Å². The minimum atomic E-state index is -3.27. The highest BCUT2D eigenvalue weighted by Crippen LogP contribution is 2.28. The zero-order chi connectivity index (χ0) is 19.7. The summed E-state index contributed by atoms with van der Waals surface area (Å²) in [5.41, 5.74) is 3.89. The van der Waals surface area contributed by atoms with Gasteiger partial charge in [-0.15, -0.1) is 0 Å². The summed E-state index contributed by atoms with van der Waals surface area (Å²) in [5.74, 6) is 0.785. The first kappa shape index (κ1) is 18.2. The van der Waals surface area contributed by atoms with Gasteiger partial charge in [0.15, 0.2) is 9.84 Å². The Hall–Kier alpha value is -3.16. The number of aromatic nitrogens is 2. The predicted octanol–water partition coefficient (Wildman–Crippen LogP) is 3.70. The van der Waals surface area contributed by atoms with Crippen LogP contribution in [0.3, 0.4) is 0 Å². The molecule has 7 heteroatoms. The SMILES string of the molecule is CS(=O)(=O)c1ccc(-n2nc(CO)cc2-c2ccc(-c3ccco3)cc2)cc1. The first-order valence-corrected chi connectivity index (χ1v) is 10.5. The Balaban J connectivity index is 1.75. The molecule has 6 nitrogen and oxygen atoms in total. The van der Waals surface area contributed by atoms with Gasteiger partial charge in [-0.25, -0.2) is 13.1 Å². The molecule has 0 saturated heterocycles. The van der Waals surface area contributed by atoms with Crippen molar-refractivity contribution in [1.82, 2.24) is 9.78 Å². The summed E-state index contributed by atoms with van der Waals surface area (Å²) in [6.07, 6.45) is 2.80. The fraction of sp³-hybridized carbons (Fsp3) is 0.0952. The Kier molecular flexibility index (Phi) is 4.62. The second-order valence-electron chi connectivity index (χ2n) is 6.41. The van der Waals surface area contributed by atoms with Crippen LogP contribution in [0, 0.1) is 0 Å². The highest BCUT2D eigenvalue weighted by molar-refractivity contribution is 7.90. The molecule has 142 valence electrons. The number of hydrogen-bond donors (Lipinski definition) is 1. The molecule has 0 atom stereocenters. The van der Waals surface area contributed by atoms with E-state index in [1.54, 1.807) is 35.2 Å². The zero-order valence-electron chi connectivity index (χ0n) is 15.1. The van der Waals surface area contributed by atoms with E-state index in [1.807, 2.05) is 42.5 Å². The fourth-order valence-corrected chi connectivity index (χ4v) is 3.62. The summed E-state index contributed by atoms with van der Waals surface area (Å²) in [4.78, 5) is 0.245. The number of sulfone groups is 1. The Morgan fingerprint density at radius 1 is 1.00 bits per heavy atom. The summed E-state index contributed by atoms with van der Waals surface area (Å²) in [7, 11) is -3.27. The van der Waals surface area contributed by atoms with E-state index in [0.717, 1.165) is 22.6 Å². The Labute approximate surface area is 162 Å². The number of hydrogen-bond acceptors (Lipinski definition) is 5. The summed E-state index contributed by atoms with van der Waals surface area (Å²) in [5, 5.41) is 14.0. The predicted molar refractivity (Wildman–Crippen MR) is 106 cm³/mol. The Bertz CT molecular complexity index is 1190. The molecule has 0 unspecified atom stereocenters. The van der Waals surface area contributed by atoms with Crippen LogP contribution in [0.1, 0.15) is 5.69 Å². The average molecular weight is 394 g/mol. The van der Waals surface area contributed by atoms with Crippen LogP contribution in [0.15, 0.2) is 82.3 Å². The van der Waals surface area contributed by atoms with Gasteiger partial charge < -0.3 is 9.52 Å². The highest BCUT2D eigenvalue weighted by atomic mass is 32.2. The van der Waals surface area contributed by atoms with Gasteiger partial charge in [-0.1, -0.05) is 24.3 Å². The highest BCUT2D eigenvalue weighted by Gasteiger charge is 2.13. The first-order chi connectivity index (χ1) is 13.5. The molecule has 28 heavy (non-hydrogen) atoms. The molecule has 4 aromatic rings. The van der Waals surface area contributed by atoms with Crippen LogP contribution in [0.5, 0.6) is 0 Å². The second-order valence-corrected chi connectivity index (χ2v) is 8.43. The molecule has 2 heterocycles. The van der Waals surface area contributed by atoms with Crippen molar-refractivity contribution in [3.05, 3.63) is 78.7 Å². The van der Waals surface area contributed by atoms with E-state index in [4.69, 9.17) is 4.42 Å². The molecule has 0 spiro atoms. The van der Waals surface area contributed by atoms with Crippen LogP contribution >= 0.6 is 0 Å². The van der Waals surface area contributed by atoms with Crippen molar-refractivity contribution in [1.29, 1.82) is 0 Å². The van der Waals surface area contributed by atoms with Gasteiger partial charge in [0.25, 0.3) is 0 Å². The second kappa shape index (κ2) is 7.10. The van der Waals surface area contributed by atoms with Gasteiger partial charge in [0.2, 0.25) is 0 Å². The number of nitrogens with zero attached hydrogens (tertiary/aromatic N) is 2. The lowest BCUT2D eigenvalue weighted by atomic mass is 10.1.